The van der Waals surface area contributed by atoms with Gasteiger partial charge in [0.15, 0.2) is 0 Å². The van der Waals surface area contributed by atoms with Gasteiger partial charge < -0.3 is 15.0 Å². The summed E-state index contributed by atoms with van der Waals surface area (Å²) >= 11 is 7.54. The molecule has 1 N–H and O–H groups in total. The Morgan fingerprint density at radius 1 is 1.09 bits per heavy atom. The first kappa shape index (κ1) is 26.3. The zero-order chi connectivity index (χ0) is 24.6. The molecule has 0 aliphatic carbocycles. The average Bonchev–Trinajstić information content (AvgIpc) is 2.83. The molecule has 34 heavy (non-hydrogen) atoms. The maximum absolute atomic E-state index is 12.6. The number of hydrogen-bond acceptors (Lipinski definition) is 6. The van der Waals surface area contributed by atoms with Gasteiger partial charge in [-0.2, -0.15) is 11.8 Å². The fourth-order valence-corrected chi connectivity index (χ4v) is 5.14. The molecular formula is C23H28ClN3O5S2. The molecule has 2 aromatic rings. The van der Waals surface area contributed by atoms with E-state index in [4.69, 9.17) is 16.3 Å². The van der Waals surface area contributed by atoms with Crippen molar-refractivity contribution in [3.8, 4) is 0 Å². The van der Waals surface area contributed by atoms with Crippen molar-refractivity contribution >= 4 is 50.9 Å². The summed E-state index contributed by atoms with van der Waals surface area (Å²) in [6.45, 7) is 2.13. The predicted molar refractivity (Wildman–Crippen MR) is 136 cm³/mol. The van der Waals surface area contributed by atoms with Crippen LogP contribution in [0.25, 0.3) is 0 Å². The van der Waals surface area contributed by atoms with E-state index in [-0.39, 0.29) is 12.5 Å². The van der Waals surface area contributed by atoms with Gasteiger partial charge in [-0.05, 0) is 42.0 Å². The summed E-state index contributed by atoms with van der Waals surface area (Å²) < 4.78 is 31.0. The van der Waals surface area contributed by atoms with Crippen molar-refractivity contribution in [3.05, 3.63) is 64.7 Å². The van der Waals surface area contributed by atoms with Gasteiger partial charge in [-0.15, -0.1) is 0 Å². The molecular weight excluding hydrogens is 498 g/mol. The smallest absolute Gasteiger partial charge is 0.254 e. The summed E-state index contributed by atoms with van der Waals surface area (Å²) in [6, 6.07) is 13.8. The Labute approximate surface area is 209 Å². The molecule has 0 atom stereocenters. The van der Waals surface area contributed by atoms with Crippen LogP contribution in [0.5, 0.6) is 0 Å². The number of amides is 2. The first-order valence-electron chi connectivity index (χ1n) is 10.8. The Morgan fingerprint density at radius 2 is 1.74 bits per heavy atom. The van der Waals surface area contributed by atoms with E-state index < -0.39 is 15.9 Å². The van der Waals surface area contributed by atoms with Crippen LogP contribution in [-0.4, -0.2) is 76.5 Å². The number of carbonyl (C=O) groups is 2. The fourth-order valence-electron chi connectivity index (χ4n) is 3.34. The van der Waals surface area contributed by atoms with Crippen LogP contribution < -0.4 is 9.62 Å². The number of benzene rings is 2. The summed E-state index contributed by atoms with van der Waals surface area (Å²) in [5.74, 6) is 0.949. The van der Waals surface area contributed by atoms with Crippen LogP contribution in [0.2, 0.25) is 5.02 Å². The van der Waals surface area contributed by atoms with E-state index in [1.165, 1.54) is 0 Å². The first-order valence-corrected chi connectivity index (χ1v) is 14.2. The fraction of sp³-hybridized carbons (Fsp3) is 0.391. The monoisotopic (exact) mass is 525 g/mol. The van der Waals surface area contributed by atoms with Gasteiger partial charge in [-0.3, -0.25) is 13.9 Å². The summed E-state index contributed by atoms with van der Waals surface area (Å²) in [5.41, 5.74) is 1.93. The van der Waals surface area contributed by atoms with Crippen LogP contribution in [-0.2, 0) is 25.3 Å². The van der Waals surface area contributed by atoms with Crippen molar-refractivity contribution in [2.24, 2.45) is 0 Å². The number of nitrogens with zero attached hydrogens (tertiary/aromatic N) is 2. The van der Waals surface area contributed by atoms with Crippen molar-refractivity contribution < 1.29 is 22.7 Å². The van der Waals surface area contributed by atoms with Crippen molar-refractivity contribution in [1.82, 2.24) is 10.2 Å². The number of hydrogen-bond donors (Lipinski definition) is 1. The van der Waals surface area contributed by atoms with Gasteiger partial charge in [-0.25, -0.2) is 8.42 Å². The number of nitrogens with one attached hydrogen (secondary N) is 1. The van der Waals surface area contributed by atoms with E-state index in [9.17, 15) is 18.0 Å². The lowest BCUT2D eigenvalue weighted by molar-refractivity contribution is -0.119. The second-order valence-corrected chi connectivity index (χ2v) is 11.2. The highest BCUT2D eigenvalue weighted by Gasteiger charge is 2.22. The number of carbonyl (C=O) groups excluding carboxylic acids is 2. The summed E-state index contributed by atoms with van der Waals surface area (Å²) in [4.78, 5) is 26.7. The Balaban J connectivity index is 1.51. The van der Waals surface area contributed by atoms with E-state index in [0.717, 1.165) is 21.9 Å². The lowest BCUT2D eigenvalue weighted by Crippen LogP contribution is -2.41. The maximum atomic E-state index is 12.6. The van der Waals surface area contributed by atoms with Crippen LogP contribution in [0.15, 0.2) is 48.5 Å². The molecule has 0 saturated carbocycles. The average molecular weight is 526 g/mol. The first-order chi connectivity index (χ1) is 16.2. The molecule has 1 heterocycles. The number of anilines is 1. The highest BCUT2D eigenvalue weighted by Crippen LogP contribution is 2.19. The zero-order valence-corrected chi connectivity index (χ0v) is 21.3. The Morgan fingerprint density at radius 3 is 2.35 bits per heavy atom. The van der Waals surface area contributed by atoms with Gasteiger partial charge in [0.1, 0.15) is 6.54 Å². The summed E-state index contributed by atoms with van der Waals surface area (Å²) in [7, 11) is -3.70. The molecule has 8 nitrogen and oxygen atoms in total. The molecule has 0 aromatic heterocycles. The molecule has 3 rings (SSSR count). The van der Waals surface area contributed by atoms with Gasteiger partial charge in [0, 0.05) is 41.7 Å². The SMILES string of the molecule is CS(=O)(=O)N(CC(=O)NCCSCc1ccc(Cl)cc1)c1ccc(C(=O)N2CCOCC2)cc1. The van der Waals surface area contributed by atoms with E-state index in [1.54, 1.807) is 40.9 Å². The van der Waals surface area contributed by atoms with E-state index >= 15 is 0 Å². The third-order valence-electron chi connectivity index (χ3n) is 5.14. The van der Waals surface area contributed by atoms with Crippen molar-refractivity contribution in [3.63, 3.8) is 0 Å². The summed E-state index contributed by atoms with van der Waals surface area (Å²) in [6.07, 6.45) is 1.05. The van der Waals surface area contributed by atoms with Gasteiger partial charge in [-0.1, -0.05) is 23.7 Å². The van der Waals surface area contributed by atoms with Gasteiger partial charge in [0.2, 0.25) is 15.9 Å². The van der Waals surface area contributed by atoms with Gasteiger partial charge in [0.05, 0.1) is 25.2 Å². The molecule has 1 aliphatic rings. The third-order valence-corrected chi connectivity index (χ3v) is 7.56. The van der Waals surface area contributed by atoms with Crippen molar-refractivity contribution in [1.29, 1.82) is 0 Å². The number of rotatable bonds is 10. The molecule has 1 aliphatic heterocycles. The Bertz CT molecular complexity index is 1070. The number of sulfonamides is 1. The minimum absolute atomic E-state index is 0.130. The third kappa shape index (κ3) is 7.90. The molecule has 0 radical (unpaired) electrons. The Hall–Kier alpha value is -2.27. The molecule has 2 aromatic carbocycles. The minimum atomic E-state index is -3.70. The van der Waals surface area contributed by atoms with Crippen molar-refractivity contribution in [2.45, 2.75) is 5.75 Å². The molecule has 11 heteroatoms. The van der Waals surface area contributed by atoms with Crippen LogP contribution in [0.1, 0.15) is 15.9 Å². The van der Waals surface area contributed by atoms with E-state index in [0.29, 0.717) is 54.9 Å². The van der Waals surface area contributed by atoms with Crippen LogP contribution in [0, 0.1) is 0 Å². The second kappa shape index (κ2) is 12.4. The minimum Gasteiger partial charge on any atom is -0.378 e. The maximum Gasteiger partial charge on any atom is 0.254 e. The van der Waals surface area contributed by atoms with Crippen LogP contribution >= 0.6 is 23.4 Å². The number of morpholine rings is 1. The topological polar surface area (TPSA) is 96.0 Å². The second-order valence-electron chi connectivity index (χ2n) is 7.75. The lowest BCUT2D eigenvalue weighted by atomic mass is 10.1. The quantitative estimate of drug-likeness (QED) is 0.479. The molecule has 1 saturated heterocycles. The number of thioether (sulfide) groups is 1. The Kier molecular flexibility index (Phi) is 9.63. The van der Waals surface area contributed by atoms with E-state index in [2.05, 4.69) is 5.32 Å². The highest BCUT2D eigenvalue weighted by molar-refractivity contribution is 7.98. The molecule has 2 amide bonds. The summed E-state index contributed by atoms with van der Waals surface area (Å²) in [5, 5.41) is 3.45. The molecule has 0 spiro atoms. The molecule has 0 unspecified atom stereocenters. The zero-order valence-electron chi connectivity index (χ0n) is 18.9. The van der Waals surface area contributed by atoms with Crippen LogP contribution in [0.4, 0.5) is 5.69 Å². The predicted octanol–water partition coefficient (Wildman–Crippen LogP) is 2.63. The molecule has 0 bridgehead atoms. The highest BCUT2D eigenvalue weighted by atomic mass is 35.5. The van der Waals surface area contributed by atoms with E-state index in [1.807, 2.05) is 24.3 Å². The largest absolute Gasteiger partial charge is 0.378 e. The van der Waals surface area contributed by atoms with Gasteiger partial charge >= 0.3 is 0 Å². The number of ether oxygens (including phenoxy) is 1. The molecule has 1 fully saturated rings. The lowest BCUT2D eigenvalue weighted by Gasteiger charge is -2.27. The van der Waals surface area contributed by atoms with Crippen molar-refractivity contribution in [2.75, 3.05) is 55.7 Å². The van der Waals surface area contributed by atoms with Crippen LogP contribution in [0.3, 0.4) is 0 Å². The standard InChI is InChI=1S/C23H28ClN3O5S2/c1-34(30,31)27(16-22(28)25-10-15-33-17-18-2-6-20(24)7-3-18)21-8-4-19(5-9-21)23(29)26-11-13-32-14-12-26/h2-9H,10-17H2,1H3,(H,25,28). The molecule has 184 valence electrons. The number of halogens is 1. The van der Waals surface area contributed by atoms with Gasteiger partial charge in [0.25, 0.3) is 5.91 Å². The normalized spacial score (nSPS) is 14.0.